The van der Waals surface area contributed by atoms with Gasteiger partial charge in [0, 0.05) is 13.1 Å². The summed E-state index contributed by atoms with van der Waals surface area (Å²) < 4.78 is 34.4. The molecule has 2 amide bonds. The number of rotatable bonds is 14. The Morgan fingerprint density at radius 2 is 1.60 bits per heavy atom. The zero-order valence-corrected chi connectivity index (χ0v) is 24.5. The Morgan fingerprint density at radius 1 is 0.950 bits per heavy atom. The number of amides is 2. The number of hydrogen-bond acceptors (Lipinski definition) is 5. The normalized spacial score (nSPS) is 11.9. The minimum absolute atomic E-state index is 0.0537. The fourth-order valence-corrected chi connectivity index (χ4v) is 5.72. The summed E-state index contributed by atoms with van der Waals surface area (Å²) in [5, 5.41) is 2.90. The summed E-state index contributed by atoms with van der Waals surface area (Å²) in [6, 6.07) is 22.0. The lowest BCUT2D eigenvalue weighted by atomic mass is 10.1. The molecule has 0 spiro atoms. The monoisotopic (exact) mass is 565 g/mol. The quantitative estimate of drug-likeness (QED) is 0.289. The zero-order valence-electron chi connectivity index (χ0n) is 23.7. The Hall–Kier alpha value is -3.85. The van der Waals surface area contributed by atoms with Gasteiger partial charge >= 0.3 is 0 Å². The predicted molar refractivity (Wildman–Crippen MR) is 158 cm³/mol. The number of anilines is 1. The van der Waals surface area contributed by atoms with E-state index in [-0.39, 0.29) is 23.0 Å². The summed E-state index contributed by atoms with van der Waals surface area (Å²) in [6.45, 7) is 5.83. The third-order valence-corrected chi connectivity index (χ3v) is 8.50. The van der Waals surface area contributed by atoms with Crippen molar-refractivity contribution in [2.45, 2.75) is 51.0 Å². The van der Waals surface area contributed by atoms with Gasteiger partial charge < -0.3 is 15.0 Å². The average molecular weight is 566 g/mol. The molecule has 3 aromatic carbocycles. The number of nitrogens with one attached hydrogen (secondary N) is 1. The van der Waals surface area contributed by atoms with Crippen molar-refractivity contribution in [3.05, 3.63) is 90.0 Å². The summed E-state index contributed by atoms with van der Waals surface area (Å²) >= 11 is 0. The first-order chi connectivity index (χ1) is 19.2. The van der Waals surface area contributed by atoms with Crippen LogP contribution >= 0.6 is 0 Å². The molecule has 0 heterocycles. The van der Waals surface area contributed by atoms with E-state index in [9.17, 15) is 18.0 Å². The number of nitrogens with zero attached hydrogens (tertiary/aromatic N) is 2. The van der Waals surface area contributed by atoms with Crippen LogP contribution < -0.4 is 14.4 Å². The minimum Gasteiger partial charge on any atom is -0.495 e. The second-order valence-corrected chi connectivity index (χ2v) is 11.5. The van der Waals surface area contributed by atoms with E-state index in [1.807, 2.05) is 44.2 Å². The van der Waals surface area contributed by atoms with Crippen molar-refractivity contribution in [2.75, 3.05) is 31.0 Å². The molecule has 0 fully saturated rings. The first-order valence-corrected chi connectivity index (χ1v) is 15.0. The van der Waals surface area contributed by atoms with Crippen molar-refractivity contribution in [2.24, 2.45) is 0 Å². The van der Waals surface area contributed by atoms with Gasteiger partial charge in [0.05, 0.1) is 17.7 Å². The Balaban J connectivity index is 1.98. The van der Waals surface area contributed by atoms with E-state index in [1.165, 1.54) is 24.1 Å². The maximum absolute atomic E-state index is 14.0. The molecule has 8 nitrogen and oxygen atoms in total. The number of para-hydroxylation sites is 2. The molecule has 1 N–H and O–H groups in total. The van der Waals surface area contributed by atoms with E-state index in [0.717, 1.165) is 28.3 Å². The molecule has 1 atom stereocenters. The number of ether oxygens (including phenoxy) is 1. The lowest BCUT2D eigenvalue weighted by Gasteiger charge is -2.32. The molecule has 3 rings (SSSR count). The lowest BCUT2D eigenvalue weighted by molar-refractivity contribution is -0.138. The number of carbonyl (C=O) groups is 2. The van der Waals surface area contributed by atoms with Gasteiger partial charge in [-0.25, -0.2) is 8.42 Å². The SMILES string of the molecule is CCCCNC(=O)[C@@H](C)N(CCc1ccccc1)C(=O)CN(c1ccccc1OC)S(=O)(=O)c1ccc(C)cc1. The molecule has 0 unspecified atom stereocenters. The largest absolute Gasteiger partial charge is 0.495 e. The molecular formula is C31H39N3O5S. The van der Waals surface area contributed by atoms with Crippen LogP contribution in [-0.2, 0) is 26.0 Å². The number of benzene rings is 3. The first-order valence-electron chi connectivity index (χ1n) is 13.5. The minimum atomic E-state index is -4.16. The highest BCUT2D eigenvalue weighted by Crippen LogP contribution is 2.32. The van der Waals surface area contributed by atoms with Gasteiger partial charge in [0.1, 0.15) is 18.3 Å². The smallest absolute Gasteiger partial charge is 0.264 e. The number of sulfonamides is 1. The van der Waals surface area contributed by atoms with Crippen LogP contribution in [0.2, 0.25) is 0 Å². The molecule has 0 aliphatic carbocycles. The predicted octanol–water partition coefficient (Wildman–Crippen LogP) is 4.58. The van der Waals surface area contributed by atoms with Gasteiger partial charge in [0.2, 0.25) is 11.8 Å². The van der Waals surface area contributed by atoms with Crippen LogP contribution in [0.3, 0.4) is 0 Å². The molecular weight excluding hydrogens is 526 g/mol. The van der Waals surface area contributed by atoms with E-state index >= 15 is 0 Å². The Morgan fingerprint density at radius 3 is 2.25 bits per heavy atom. The highest BCUT2D eigenvalue weighted by molar-refractivity contribution is 7.92. The van der Waals surface area contributed by atoms with E-state index < -0.39 is 28.5 Å². The van der Waals surface area contributed by atoms with Crippen LogP contribution in [0.25, 0.3) is 0 Å². The molecule has 9 heteroatoms. The van der Waals surface area contributed by atoms with Crippen LogP contribution in [0.15, 0.2) is 83.8 Å². The van der Waals surface area contributed by atoms with E-state index in [1.54, 1.807) is 43.3 Å². The summed E-state index contributed by atoms with van der Waals surface area (Å²) in [5.74, 6) is -0.456. The summed E-state index contributed by atoms with van der Waals surface area (Å²) in [6.07, 6.45) is 2.27. The third-order valence-electron chi connectivity index (χ3n) is 6.72. The summed E-state index contributed by atoms with van der Waals surface area (Å²) in [7, 11) is -2.71. The average Bonchev–Trinajstić information content (AvgIpc) is 2.96. The van der Waals surface area contributed by atoms with E-state index in [4.69, 9.17) is 4.74 Å². The fourth-order valence-electron chi connectivity index (χ4n) is 4.29. The summed E-state index contributed by atoms with van der Waals surface area (Å²) in [5.41, 5.74) is 2.16. The van der Waals surface area contributed by atoms with Crippen LogP contribution in [0.4, 0.5) is 5.69 Å². The number of methoxy groups -OCH3 is 1. The van der Waals surface area contributed by atoms with Crippen molar-refractivity contribution in [1.29, 1.82) is 0 Å². The van der Waals surface area contributed by atoms with E-state index in [0.29, 0.717) is 18.7 Å². The van der Waals surface area contributed by atoms with Crippen LogP contribution in [-0.4, -0.2) is 57.9 Å². The van der Waals surface area contributed by atoms with Gasteiger partial charge in [-0.2, -0.15) is 0 Å². The van der Waals surface area contributed by atoms with Crippen LogP contribution in [0, 0.1) is 6.92 Å². The molecule has 0 radical (unpaired) electrons. The molecule has 0 aliphatic heterocycles. The van der Waals surface area contributed by atoms with Gasteiger partial charge in [-0.05, 0) is 56.5 Å². The highest BCUT2D eigenvalue weighted by atomic mass is 32.2. The van der Waals surface area contributed by atoms with Crippen molar-refractivity contribution >= 4 is 27.5 Å². The second-order valence-electron chi connectivity index (χ2n) is 9.64. The molecule has 0 saturated carbocycles. The molecule has 3 aromatic rings. The number of unbranched alkanes of at least 4 members (excludes halogenated alkanes) is 1. The van der Waals surface area contributed by atoms with Crippen LogP contribution in [0.5, 0.6) is 5.75 Å². The van der Waals surface area contributed by atoms with Gasteiger partial charge in [0.25, 0.3) is 10.0 Å². The topological polar surface area (TPSA) is 96.0 Å². The number of aryl methyl sites for hydroxylation is 1. The molecule has 0 aromatic heterocycles. The Labute approximate surface area is 238 Å². The van der Waals surface area contributed by atoms with Crippen molar-refractivity contribution in [3.63, 3.8) is 0 Å². The second kappa shape index (κ2) is 14.5. The van der Waals surface area contributed by atoms with Gasteiger partial charge in [-0.15, -0.1) is 0 Å². The molecule has 0 saturated heterocycles. The van der Waals surface area contributed by atoms with Crippen molar-refractivity contribution in [3.8, 4) is 5.75 Å². The van der Waals surface area contributed by atoms with Crippen molar-refractivity contribution < 1.29 is 22.7 Å². The number of carbonyl (C=O) groups excluding carboxylic acids is 2. The zero-order chi connectivity index (χ0) is 29.1. The number of hydrogen-bond donors (Lipinski definition) is 1. The molecule has 0 aliphatic rings. The molecule has 214 valence electrons. The highest BCUT2D eigenvalue weighted by Gasteiger charge is 2.33. The van der Waals surface area contributed by atoms with Crippen molar-refractivity contribution in [1.82, 2.24) is 10.2 Å². The maximum atomic E-state index is 14.0. The van der Waals surface area contributed by atoms with E-state index in [2.05, 4.69) is 5.32 Å². The van der Waals surface area contributed by atoms with Gasteiger partial charge in [0.15, 0.2) is 0 Å². The third kappa shape index (κ3) is 7.85. The van der Waals surface area contributed by atoms with Crippen LogP contribution in [0.1, 0.15) is 37.8 Å². The van der Waals surface area contributed by atoms with Gasteiger partial charge in [-0.3, -0.25) is 13.9 Å². The molecule has 0 bridgehead atoms. The Kier molecular flexibility index (Phi) is 11.1. The maximum Gasteiger partial charge on any atom is 0.264 e. The Bertz CT molecular complexity index is 1360. The van der Waals surface area contributed by atoms with Gasteiger partial charge in [-0.1, -0.05) is 73.5 Å². The first kappa shape index (κ1) is 30.7. The lowest BCUT2D eigenvalue weighted by Crippen LogP contribution is -2.52. The fraction of sp³-hybridized carbons (Fsp3) is 0.355. The molecule has 40 heavy (non-hydrogen) atoms. The summed E-state index contributed by atoms with van der Waals surface area (Å²) in [4.78, 5) is 28.5. The standard InChI is InChI=1S/C31H39N3O5S/c1-5-6-21-32-31(36)25(3)33(22-20-26-12-8-7-9-13-26)30(35)23-34(28-14-10-11-15-29(28)39-4)40(37,38)27-18-16-24(2)17-19-27/h7-19,25H,5-6,20-23H2,1-4H3,(H,32,36)/t25-/m1/s1.